The van der Waals surface area contributed by atoms with Crippen LogP contribution in [0, 0.1) is 12.8 Å². The Kier molecular flexibility index (Phi) is 9.28. The number of hydrogen-bond donors (Lipinski definition) is 0. The van der Waals surface area contributed by atoms with Crippen LogP contribution in [0.15, 0.2) is 109 Å². The monoisotopic (exact) mass is 566 g/mol. The highest BCUT2D eigenvalue weighted by Gasteiger charge is 2.54. The molecule has 6 atom stereocenters. The van der Waals surface area contributed by atoms with Gasteiger partial charge in [0.2, 0.25) is 6.29 Å². The summed E-state index contributed by atoms with van der Waals surface area (Å²) >= 11 is 0. The topological polar surface area (TPSA) is 55.4 Å². The minimum atomic E-state index is -0.591. The summed E-state index contributed by atoms with van der Waals surface area (Å²) in [6.45, 7) is 3.69. The van der Waals surface area contributed by atoms with Gasteiger partial charge in [-0.25, -0.2) is 0 Å². The van der Waals surface area contributed by atoms with Gasteiger partial charge in [-0.2, -0.15) is 0 Å². The van der Waals surface area contributed by atoms with Crippen molar-refractivity contribution < 1.29 is 28.4 Å². The van der Waals surface area contributed by atoms with Crippen molar-refractivity contribution in [3.05, 3.63) is 137 Å². The average molecular weight is 567 g/mol. The Morgan fingerprint density at radius 2 is 1.24 bits per heavy atom. The fourth-order valence-electron chi connectivity index (χ4n) is 5.89. The van der Waals surface area contributed by atoms with E-state index in [1.54, 1.807) is 7.11 Å². The second-order valence-electron chi connectivity index (χ2n) is 11.0. The van der Waals surface area contributed by atoms with Crippen LogP contribution in [-0.4, -0.2) is 38.3 Å². The first kappa shape index (κ1) is 28.6. The maximum absolute atomic E-state index is 6.78. The molecule has 4 aromatic carbocycles. The van der Waals surface area contributed by atoms with Crippen molar-refractivity contribution in [2.45, 2.75) is 57.5 Å². The van der Waals surface area contributed by atoms with Gasteiger partial charge in [-0.3, -0.25) is 0 Å². The van der Waals surface area contributed by atoms with E-state index in [-0.39, 0.29) is 12.0 Å². The van der Waals surface area contributed by atoms with Crippen LogP contribution in [0.25, 0.3) is 0 Å². The summed E-state index contributed by atoms with van der Waals surface area (Å²) in [5.74, 6) is 0.512. The molecule has 2 aliphatic rings. The molecule has 6 rings (SSSR count). The van der Waals surface area contributed by atoms with Crippen molar-refractivity contribution in [1.82, 2.24) is 0 Å². The second kappa shape index (κ2) is 13.6. The van der Waals surface area contributed by atoms with Crippen molar-refractivity contribution in [2.24, 2.45) is 5.92 Å². The molecule has 0 N–H and O–H groups in total. The lowest BCUT2D eigenvalue weighted by atomic mass is 9.81. The van der Waals surface area contributed by atoms with Gasteiger partial charge in [-0.15, -0.1) is 0 Å². The summed E-state index contributed by atoms with van der Waals surface area (Å²) in [7, 11) is 1.74. The molecule has 4 aromatic rings. The summed E-state index contributed by atoms with van der Waals surface area (Å²) in [5, 5.41) is 0. The van der Waals surface area contributed by atoms with Crippen molar-refractivity contribution in [3.8, 4) is 5.75 Å². The van der Waals surface area contributed by atoms with E-state index in [0.29, 0.717) is 26.4 Å². The second-order valence-corrected chi connectivity index (χ2v) is 11.0. The van der Waals surface area contributed by atoms with E-state index < -0.39 is 24.6 Å². The molecule has 0 radical (unpaired) electrons. The van der Waals surface area contributed by atoms with Gasteiger partial charge in [-0.05, 0) is 35.2 Å². The molecule has 0 amide bonds. The van der Waals surface area contributed by atoms with Gasteiger partial charge in [0.25, 0.3) is 0 Å². The lowest BCUT2D eigenvalue weighted by Gasteiger charge is -2.50. The Labute approximate surface area is 248 Å². The zero-order valence-corrected chi connectivity index (χ0v) is 24.1. The smallest absolute Gasteiger partial charge is 0.208 e. The minimum Gasteiger partial charge on any atom is -0.464 e. The molecule has 2 heterocycles. The first-order chi connectivity index (χ1) is 20.7. The molecule has 0 bridgehead atoms. The van der Waals surface area contributed by atoms with Crippen molar-refractivity contribution in [2.75, 3.05) is 13.7 Å². The van der Waals surface area contributed by atoms with Crippen LogP contribution in [0.3, 0.4) is 0 Å². The number of benzene rings is 4. The van der Waals surface area contributed by atoms with Gasteiger partial charge < -0.3 is 28.4 Å². The predicted molar refractivity (Wildman–Crippen MR) is 160 cm³/mol. The molecule has 0 aromatic heterocycles. The Balaban J connectivity index is 1.32. The number of methoxy groups -OCH3 is 1. The molecule has 6 heteroatoms. The zero-order chi connectivity index (χ0) is 28.7. The molecule has 0 saturated carbocycles. The average Bonchev–Trinajstić information content (AvgIpc) is 3.03. The minimum absolute atomic E-state index is 0.264. The number of rotatable bonds is 11. The number of aryl methyl sites for hydroxylation is 1. The molecule has 0 spiro atoms. The van der Waals surface area contributed by atoms with Crippen molar-refractivity contribution in [1.29, 1.82) is 0 Å². The third-order valence-corrected chi connectivity index (χ3v) is 7.98. The Morgan fingerprint density at radius 1 is 0.667 bits per heavy atom. The Hall–Kier alpha value is -3.52. The summed E-state index contributed by atoms with van der Waals surface area (Å²) in [6, 6.07) is 36.7. The largest absolute Gasteiger partial charge is 0.464 e. The SMILES string of the molecule is CO[C@H]1c2ccc(C)cc2O[C@H]2O[C@H](COCc3ccccc3)[C@@H](OCc3ccccc3)[C@H](OCc3ccccc3)[C@H]21. The highest BCUT2D eigenvalue weighted by molar-refractivity contribution is 5.41. The first-order valence-electron chi connectivity index (χ1n) is 14.6. The highest BCUT2D eigenvalue weighted by atomic mass is 16.7. The lowest BCUT2D eigenvalue weighted by Crippen LogP contribution is -2.61. The van der Waals surface area contributed by atoms with Gasteiger partial charge >= 0.3 is 0 Å². The van der Waals surface area contributed by atoms with Crippen LogP contribution in [0.4, 0.5) is 0 Å². The highest BCUT2D eigenvalue weighted by Crippen LogP contribution is 2.47. The molecule has 1 fully saturated rings. The number of ether oxygens (including phenoxy) is 6. The van der Waals surface area contributed by atoms with Gasteiger partial charge in [0.05, 0.1) is 44.6 Å². The van der Waals surface area contributed by atoms with Crippen LogP contribution < -0.4 is 4.74 Å². The van der Waals surface area contributed by atoms with E-state index in [0.717, 1.165) is 33.6 Å². The lowest BCUT2D eigenvalue weighted by molar-refractivity contribution is -0.306. The van der Waals surface area contributed by atoms with Crippen molar-refractivity contribution >= 4 is 0 Å². The third-order valence-electron chi connectivity index (χ3n) is 7.98. The normalized spacial score (nSPS) is 24.8. The quantitative estimate of drug-likeness (QED) is 0.199. The van der Waals surface area contributed by atoms with Crippen LogP contribution in [0.5, 0.6) is 5.75 Å². The molecular formula is C36H38O6. The maximum atomic E-state index is 6.78. The molecular weight excluding hydrogens is 528 g/mol. The van der Waals surface area contributed by atoms with E-state index >= 15 is 0 Å². The van der Waals surface area contributed by atoms with Crippen LogP contribution in [0.1, 0.15) is 33.9 Å². The molecule has 6 nitrogen and oxygen atoms in total. The van der Waals surface area contributed by atoms with Crippen LogP contribution in [-0.2, 0) is 43.5 Å². The van der Waals surface area contributed by atoms with Crippen LogP contribution >= 0.6 is 0 Å². The third kappa shape index (κ3) is 6.59. The summed E-state index contributed by atoms with van der Waals surface area (Å²) in [5.41, 5.74) is 5.36. The van der Waals surface area contributed by atoms with E-state index in [1.165, 1.54) is 0 Å². The Morgan fingerprint density at radius 3 is 1.83 bits per heavy atom. The molecule has 218 valence electrons. The van der Waals surface area contributed by atoms with Gasteiger partial charge in [-0.1, -0.05) is 103 Å². The number of hydrogen-bond acceptors (Lipinski definition) is 6. The van der Waals surface area contributed by atoms with E-state index in [9.17, 15) is 0 Å². The summed E-state index contributed by atoms with van der Waals surface area (Å²) < 4.78 is 39.1. The molecule has 42 heavy (non-hydrogen) atoms. The van der Waals surface area contributed by atoms with Crippen LogP contribution in [0.2, 0.25) is 0 Å². The molecule has 0 unspecified atom stereocenters. The number of fused-ring (bicyclic) bond motifs is 2. The van der Waals surface area contributed by atoms with Gasteiger partial charge in [0.15, 0.2) is 0 Å². The zero-order valence-electron chi connectivity index (χ0n) is 24.1. The predicted octanol–water partition coefficient (Wildman–Crippen LogP) is 6.80. The Bertz CT molecular complexity index is 1400. The fraction of sp³-hybridized carbons (Fsp3) is 0.333. The first-order valence-corrected chi connectivity index (χ1v) is 14.6. The van der Waals surface area contributed by atoms with Crippen molar-refractivity contribution in [3.63, 3.8) is 0 Å². The fourth-order valence-corrected chi connectivity index (χ4v) is 5.89. The molecule has 1 saturated heterocycles. The van der Waals surface area contributed by atoms with E-state index in [4.69, 9.17) is 28.4 Å². The van der Waals surface area contributed by atoms with Gasteiger partial charge in [0, 0.05) is 12.7 Å². The standard InChI is InChI=1S/C36H38O6/c1-25-18-19-29-30(20-25)41-36-32(33(29)37-2)35(40-23-28-16-10-5-11-17-28)34(39-22-27-14-8-4-9-15-27)31(42-36)24-38-21-26-12-6-3-7-13-26/h3-20,31-36H,21-24H2,1-2H3/t31-,32-,33+,34-,35-,36+/m1/s1. The maximum Gasteiger partial charge on any atom is 0.208 e. The summed E-state index contributed by atoms with van der Waals surface area (Å²) in [4.78, 5) is 0. The molecule has 0 aliphatic carbocycles. The van der Waals surface area contributed by atoms with E-state index in [2.05, 4.69) is 55.5 Å². The molecule has 2 aliphatic heterocycles. The van der Waals surface area contributed by atoms with Gasteiger partial charge in [0.1, 0.15) is 18.0 Å². The summed E-state index contributed by atoms with van der Waals surface area (Å²) in [6.07, 6.45) is -2.14. The van der Waals surface area contributed by atoms with E-state index in [1.807, 2.05) is 60.7 Å².